The first-order valence-electron chi connectivity index (χ1n) is 6.03. The molecule has 0 fully saturated rings. The summed E-state index contributed by atoms with van der Waals surface area (Å²) < 4.78 is 0. The van der Waals surface area contributed by atoms with Crippen LogP contribution in [0, 0.1) is 0 Å². The van der Waals surface area contributed by atoms with Crippen molar-refractivity contribution in [1.82, 2.24) is 0 Å². The van der Waals surface area contributed by atoms with Crippen molar-refractivity contribution in [3.63, 3.8) is 0 Å². The summed E-state index contributed by atoms with van der Waals surface area (Å²) >= 11 is 0. The highest BCUT2D eigenvalue weighted by Crippen LogP contribution is 2.10. The standard InChI is InChI=1S/C12H24O3/c13-10-6-2-1-4-8-12(15)9-5-3-7-11-14/h10,12,14-15H,1-9,11H2. The van der Waals surface area contributed by atoms with E-state index in [9.17, 15) is 9.90 Å². The molecule has 3 nitrogen and oxygen atoms in total. The maximum absolute atomic E-state index is 10.0. The average molecular weight is 216 g/mol. The van der Waals surface area contributed by atoms with E-state index >= 15 is 0 Å². The maximum Gasteiger partial charge on any atom is 0.119 e. The van der Waals surface area contributed by atoms with E-state index in [1.54, 1.807) is 0 Å². The highest BCUT2D eigenvalue weighted by molar-refractivity contribution is 5.48. The lowest BCUT2D eigenvalue weighted by atomic mass is 10.0. The summed E-state index contributed by atoms with van der Waals surface area (Å²) in [6, 6.07) is 0. The van der Waals surface area contributed by atoms with Crippen LogP contribution in [0.25, 0.3) is 0 Å². The van der Waals surface area contributed by atoms with Crippen LogP contribution in [0.2, 0.25) is 0 Å². The topological polar surface area (TPSA) is 57.5 Å². The molecule has 0 rings (SSSR count). The van der Waals surface area contributed by atoms with E-state index in [0.717, 1.165) is 57.7 Å². The second-order valence-corrected chi connectivity index (χ2v) is 4.03. The van der Waals surface area contributed by atoms with Gasteiger partial charge in [-0.2, -0.15) is 0 Å². The van der Waals surface area contributed by atoms with Crippen molar-refractivity contribution in [2.45, 2.75) is 63.9 Å². The van der Waals surface area contributed by atoms with Crippen LogP contribution < -0.4 is 0 Å². The summed E-state index contributed by atoms with van der Waals surface area (Å²) in [5.74, 6) is 0. The van der Waals surface area contributed by atoms with Gasteiger partial charge in [-0.15, -0.1) is 0 Å². The minimum atomic E-state index is -0.195. The maximum atomic E-state index is 10.0. The summed E-state index contributed by atoms with van der Waals surface area (Å²) in [5.41, 5.74) is 0. The number of hydrogen-bond donors (Lipinski definition) is 2. The molecule has 15 heavy (non-hydrogen) atoms. The minimum Gasteiger partial charge on any atom is -0.396 e. The third-order valence-corrected chi connectivity index (χ3v) is 2.55. The molecule has 1 atom stereocenters. The number of aliphatic hydroxyl groups excluding tert-OH is 2. The van der Waals surface area contributed by atoms with Gasteiger partial charge in [-0.1, -0.05) is 25.7 Å². The van der Waals surface area contributed by atoms with Crippen molar-refractivity contribution in [2.75, 3.05) is 6.61 Å². The minimum absolute atomic E-state index is 0.195. The van der Waals surface area contributed by atoms with E-state index in [0.29, 0.717) is 6.42 Å². The molecule has 1 unspecified atom stereocenters. The zero-order valence-electron chi connectivity index (χ0n) is 9.53. The molecule has 0 aromatic rings. The van der Waals surface area contributed by atoms with Crippen molar-refractivity contribution in [3.8, 4) is 0 Å². The fourth-order valence-corrected chi connectivity index (χ4v) is 1.60. The molecule has 0 aliphatic carbocycles. The predicted octanol–water partition coefficient (Wildman–Crippen LogP) is 2.05. The van der Waals surface area contributed by atoms with Crippen LogP contribution in [0.3, 0.4) is 0 Å². The number of hydrogen-bond acceptors (Lipinski definition) is 3. The van der Waals surface area contributed by atoms with E-state index in [-0.39, 0.29) is 12.7 Å². The largest absolute Gasteiger partial charge is 0.396 e. The fourth-order valence-electron chi connectivity index (χ4n) is 1.60. The first-order valence-corrected chi connectivity index (χ1v) is 6.03. The van der Waals surface area contributed by atoms with Gasteiger partial charge in [0.05, 0.1) is 6.10 Å². The Morgan fingerprint density at radius 1 is 0.933 bits per heavy atom. The van der Waals surface area contributed by atoms with Crippen molar-refractivity contribution >= 4 is 6.29 Å². The Morgan fingerprint density at radius 2 is 1.53 bits per heavy atom. The Hall–Kier alpha value is -0.410. The van der Waals surface area contributed by atoms with Crippen LogP contribution >= 0.6 is 0 Å². The molecule has 90 valence electrons. The summed E-state index contributed by atoms with van der Waals surface area (Å²) in [6.45, 7) is 0.252. The van der Waals surface area contributed by atoms with Gasteiger partial charge < -0.3 is 15.0 Å². The Bertz CT molecular complexity index is 137. The van der Waals surface area contributed by atoms with Crippen LogP contribution in [-0.2, 0) is 4.79 Å². The summed E-state index contributed by atoms with van der Waals surface area (Å²) in [6.07, 6.45) is 8.91. The van der Waals surface area contributed by atoms with Crippen LogP contribution in [0.1, 0.15) is 57.8 Å². The number of aldehydes is 1. The van der Waals surface area contributed by atoms with Gasteiger partial charge in [-0.3, -0.25) is 0 Å². The van der Waals surface area contributed by atoms with Gasteiger partial charge in [0.2, 0.25) is 0 Å². The average Bonchev–Trinajstić information content (AvgIpc) is 2.24. The number of carbonyl (C=O) groups excluding carboxylic acids is 1. The second kappa shape index (κ2) is 11.7. The SMILES string of the molecule is O=CCCCCCC(O)CCCCCO. The van der Waals surface area contributed by atoms with Gasteiger partial charge >= 0.3 is 0 Å². The van der Waals surface area contributed by atoms with Crippen molar-refractivity contribution in [3.05, 3.63) is 0 Å². The third kappa shape index (κ3) is 11.5. The summed E-state index contributed by atoms with van der Waals surface area (Å²) in [5, 5.41) is 18.1. The van der Waals surface area contributed by atoms with E-state index in [4.69, 9.17) is 5.11 Å². The number of aliphatic hydroxyl groups is 2. The smallest absolute Gasteiger partial charge is 0.119 e. The normalized spacial score (nSPS) is 12.7. The number of unbranched alkanes of at least 4 members (excludes halogenated alkanes) is 5. The summed E-state index contributed by atoms with van der Waals surface area (Å²) in [4.78, 5) is 10.0. The highest BCUT2D eigenvalue weighted by Gasteiger charge is 2.03. The van der Waals surface area contributed by atoms with E-state index < -0.39 is 0 Å². The molecule has 0 spiro atoms. The van der Waals surface area contributed by atoms with Gasteiger partial charge in [-0.25, -0.2) is 0 Å². The van der Waals surface area contributed by atoms with Gasteiger partial charge in [-0.05, 0) is 25.7 Å². The molecule has 0 saturated carbocycles. The van der Waals surface area contributed by atoms with Crippen LogP contribution in [0.15, 0.2) is 0 Å². The van der Waals surface area contributed by atoms with Crippen LogP contribution in [-0.4, -0.2) is 29.2 Å². The zero-order chi connectivity index (χ0) is 11.4. The Kier molecular flexibility index (Phi) is 11.3. The summed E-state index contributed by atoms with van der Waals surface area (Å²) in [7, 11) is 0. The van der Waals surface area contributed by atoms with E-state index in [2.05, 4.69) is 0 Å². The molecule has 0 amide bonds. The first kappa shape index (κ1) is 14.6. The third-order valence-electron chi connectivity index (χ3n) is 2.55. The van der Waals surface area contributed by atoms with E-state index in [1.165, 1.54) is 0 Å². The van der Waals surface area contributed by atoms with Gasteiger partial charge in [0.1, 0.15) is 6.29 Å². The predicted molar refractivity (Wildman–Crippen MR) is 60.7 cm³/mol. The zero-order valence-corrected chi connectivity index (χ0v) is 9.53. The van der Waals surface area contributed by atoms with Gasteiger partial charge in [0, 0.05) is 13.0 Å². The lowest BCUT2D eigenvalue weighted by Gasteiger charge is -2.09. The molecule has 0 aliphatic rings. The molecule has 0 heterocycles. The molecule has 0 radical (unpaired) electrons. The van der Waals surface area contributed by atoms with E-state index in [1.807, 2.05) is 0 Å². The van der Waals surface area contributed by atoms with Crippen LogP contribution in [0.5, 0.6) is 0 Å². The quantitative estimate of drug-likeness (QED) is 0.410. The van der Waals surface area contributed by atoms with Crippen molar-refractivity contribution in [1.29, 1.82) is 0 Å². The Labute approximate surface area is 92.5 Å². The molecular formula is C12H24O3. The van der Waals surface area contributed by atoms with Gasteiger partial charge in [0.25, 0.3) is 0 Å². The first-order chi connectivity index (χ1) is 7.31. The molecule has 0 aromatic carbocycles. The lowest BCUT2D eigenvalue weighted by molar-refractivity contribution is -0.107. The van der Waals surface area contributed by atoms with Crippen molar-refractivity contribution in [2.24, 2.45) is 0 Å². The molecule has 2 N–H and O–H groups in total. The molecule has 0 aromatic heterocycles. The van der Waals surface area contributed by atoms with Crippen LogP contribution in [0.4, 0.5) is 0 Å². The molecule has 0 saturated heterocycles. The number of carbonyl (C=O) groups is 1. The molecular weight excluding hydrogens is 192 g/mol. The molecule has 3 heteroatoms. The lowest BCUT2D eigenvalue weighted by Crippen LogP contribution is -2.06. The molecule has 0 aliphatic heterocycles. The monoisotopic (exact) mass is 216 g/mol. The van der Waals surface area contributed by atoms with Crippen molar-refractivity contribution < 1.29 is 15.0 Å². The van der Waals surface area contributed by atoms with Gasteiger partial charge in [0.15, 0.2) is 0 Å². The molecule has 0 bridgehead atoms. The Balaban J connectivity index is 3.11. The highest BCUT2D eigenvalue weighted by atomic mass is 16.3. The fraction of sp³-hybridized carbons (Fsp3) is 0.917. The number of rotatable bonds is 11. The second-order valence-electron chi connectivity index (χ2n) is 4.03. The Morgan fingerprint density at radius 3 is 2.07 bits per heavy atom.